The molecule has 0 bridgehead atoms. The molecule has 0 saturated carbocycles. The van der Waals surface area contributed by atoms with Gasteiger partial charge in [0.2, 0.25) is 0 Å². The molecular formula is C21H25N3O2S. The summed E-state index contributed by atoms with van der Waals surface area (Å²) in [5.74, 6) is -0.0327. The Bertz CT molecular complexity index is 814. The second kappa shape index (κ2) is 7.08. The molecule has 1 aromatic rings. The van der Waals surface area contributed by atoms with Crippen LogP contribution in [0.2, 0.25) is 0 Å². The Balaban J connectivity index is 1.29. The van der Waals surface area contributed by atoms with Crippen LogP contribution in [0.3, 0.4) is 0 Å². The van der Waals surface area contributed by atoms with E-state index in [4.69, 9.17) is 4.74 Å². The van der Waals surface area contributed by atoms with E-state index in [-0.39, 0.29) is 11.5 Å². The van der Waals surface area contributed by atoms with E-state index in [9.17, 15) is 4.79 Å². The topological polar surface area (TPSA) is 53.9 Å². The largest absolute Gasteiger partial charge is 0.365 e. The van der Waals surface area contributed by atoms with E-state index in [0.29, 0.717) is 6.61 Å². The number of carbonyl (C=O) groups is 1. The summed E-state index contributed by atoms with van der Waals surface area (Å²) in [6.07, 6.45) is 4.98. The van der Waals surface area contributed by atoms with Crippen molar-refractivity contribution in [2.45, 2.75) is 44.3 Å². The molecule has 142 valence electrons. The standard InChI is InChI=1S/C21H25N3O2S/c25-19-18(15-5-3-10-22-11-7-15)27-20(23-19)24-12-8-21(9-13-24)17-6-2-1-4-16(17)14-26-21/h1-2,4,6,22H,3,5,7-14H2/b18-15+. The molecule has 1 aromatic carbocycles. The molecule has 0 unspecified atom stereocenters. The molecule has 5 nitrogen and oxygen atoms in total. The zero-order chi connectivity index (χ0) is 18.3. The zero-order valence-electron chi connectivity index (χ0n) is 15.5. The SMILES string of the molecule is O=C1N=C(N2CCC3(CC2)OCc2ccccc23)S/C1=C1\CCCNCC1. The molecule has 1 amide bonds. The highest BCUT2D eigenvalue weighted by Gasteiger charge is 2.43. The first kappa shape index (κ1) is 17.5. The fraction of sp³-hybridized carbons (Fsp3) is 0.524. The van der Waals surface area contributed by atoms with Crippen LogP contribution in [-0.4, -0.2) is 42.2 Å². The number of thioether (sulfide) groups is 1. The number of hydrogen-bond acceptors (Lipinski definition) is 5. The van der Waals surface area contributed by atoms with E-state index in [2.05, 4.69) is 39.5 Å². The molecule has 4 aliphatic rings. The predicted octanol–water partition coefficient (Wildman–Crippen LogP) is 3.16. The van der Waals surface area contributed by atoms with Crippen molar-refractivity contribution in [1.82, 2.24) is 10.2 Å². The highest BCUT2D eigenvalue weighted by Crippen LogP contribution is 2.45. The Labute approximate surface area is 164 Å². The number of ether oxygens (including phenoxy) is 1. The van der Waals surface area contributed by atoms with Crippen LogP contribution in [0.15, 0.2) is 39.7 Å². The lowest BCUT2D eigenvalue weighted by molar-refractivity contribution is -0.113. The quantitative estimate of drug-likeness (QED) is 0.698. The molecule has 1 N–H and O–H groups in total. The maximum Gasteiger partial charge on any atom is 0.286 e. The number of aliphatic imine (C=N–C) groups is 1. The third kappa shape index (κ3) is 3.13. The molecular weight excluding hydrogens is 358 g/mol. The molecule has 5 rings (SSSR count). The number of amides is 1. The van der Waals surface area contributed by atoms with Crippen LogP contribution in [-0.2, 0) is 21.7 Å². The van der Waals surface area contributed by atoms with Crippen molar-refractivity contribution in [2.75, 3.05) is 26.2 Å². The van der Waals surface area contributed by atoms with Gasteiger partial charge in [0.05, 0.1) is 17.1 Å². The van der Waals surface area contributed by atoms with Gasteiger partial charge in [-0.3, -0.25) is 4.79 Å². The van der Waals surface area contributed by atoms with Crippen LogP contribution in [0, 0.1) is 0 Å². The molecule has 0 atom stereocenters. The van der Waals surface area contributed by atoms with Gasteiger partial charge >= 0.3 is 0 Å². The Hall–Kier alpha value is -1.63. The number of hydrogen-bond donors (Lipinski definition) is 1. The number of fused-ring (bicyclic) bond motifs is 2. The van der Waals surface area contributed by atoms with Crippen molar-refractivity contribution in [3.63, 3.8) is 0 Å². The first-order chi connectivity index (χ1) is 13.3. The molecule has 0 radical (unpaired) electrons. The Kier molecular flexibility index (Phi) is 4.58. The molecule has 6 heteroatoms. The summed E-state index contributed by atoms with van der Waals surface area (Å²) in [5.41, 5.74) is 3.82. The maximum atomic E-state index is 12.5. The molecule has 2 fully saturated rings. The minimum atomic E-state index is -0.144. The van der Waals surface area contributed by atoms with Crippen LogP contribution in [0.25, 0.3) is 0 Å². The van der Waals surface area contributed by atoms with Gasteiger partial charge in [-0.2, -0.15) is 4.99 Å². The first-order valence-electron chi connectivity index (χ1n) is 9.96. The lowest BCUT2D eigenvalue weighted by Crippen LogP contribution is -2.44. The third-order valence-electron chi connectivity index (χ3n) is 6.20. The van der Waals surface area contributed by atoms with Crippen LogP contribution >= 0.6 is 11.8 Å². The smallest absolute Gasteiger partial charge is 0.286 e. The van der Waals surface area contributed by atoms with E-state index < -0.39 is 0 Å². The Morgan fingerprint density at radius 2 is 2.00 bits per heavy atom. The van der Waals surface area contributed by atoms with Crippen molar-refractivity contribution >= 4 is 22.8 Å². The second-order valence-electron chi connectivity index (χ2n) is 7.76. The van der Waals surface area contributed by atoms with Crippen LogP contribution in [0.1, 0.15) is 43.2 Å². The van der Waals surface area contributed by atoms with Crippen molar-refractivity contribution in [2.24, 2.45) is 4.99 Å². The lowest BCUT2D eigenvalue weighted by atomic mass is 9.84. The Morgan fingerprint density at radius 3 is 2.89 bits per heavy atom. The van der Waals surface area contributed by atoms with Gasteiger partial charge < -0.3 is 15.0 Å². The van der Waals surface area contributed by atoms with E-state index >= 15 is 0 Å². The number of nitrogens with one attached hydrogen (secondary N) is 1. The fourth-order valence-corrected chi connectivity index (χ4v) is 5.76. The van der Waals surface area contributed by atoms with Gasteiger partial charge in [0.25, 0.3) is 5.91 Å². The highest BCUT2D eigenvalue weighted by atomic mass is 32.2. The van der Waals surface area contributed by atoms with Gasteiger partial charge in [0, 0.05) is 13.1 Å². The monoisotopic (exact) mass is 383 g/mol. The predicted molar refractivity (Wildman–Crippen MR) is 107 cm³/mol. The first-order valence-corrected chi connectivity index (χ1v) is 10.8. The van der Waals surface area contributed by atoms with Gasteiger partial charge in [0.15, 0.2) is 5.17 Å². The molecule has 1 spiro atoms. The Morgan fingerprint density at radius 1 is 1.15 bits per heavy atom. The highest BCUT2D eigenvalue weighted by molar-refractivity contribution is 8.18. The number of rotatable bonds is 0. The van der Waals surface area contributed by atoms with E-state index in [0.717, 1.165) is 68.4 Å². The van der Waals surface area contributed by atoms with E-state index in [1.807, 2.05) is 0 Å². The molecule has 27 heavy (non-hydrogen) atoms. The second-order valence-corrected chi connectivity index (χ2v) is 8.74. The third-order valence-corrected chi connectivity index (χ3v) is 7.39. The number of amidine groups is 1. The summed E-state index contributed by atoms with van der Waals surface area (Å²) in [4.78, 5) is 20.1. The number of piperidine rings is 1. The molecule has 0 aliphatic carbocycles. The average molecular weight is 384 g/mol. The van der Waals surface area contributed by atoms with Gasteiger partial charge in [-0.15, -0.1) is 0 Å². The summed E-state index contributed by atoms with van der Waals surface area (Å²) in [5, 5.41) is 4.30. The molecule has 2 saturated heterocycles. The van der Waals surface area contributed by atoms with Crippen molar-refractivity contribution in [1.29, 1.82) is 0 Å². The van der Waals surface area contributed by atoms with Gasteiger partial charge in [0.1, 0.15) is 0 Å². The molecule has 4 heterocycles. The minimum Gasteiger partial charge on any atom is -0.365 e. The minimum absolute atomic E-state index is 0.0327. The average Bonchev–Trinajstić information content (AvgIpc) is 3.13. The maximum absolute atomic E-state index is 12.5. The normalized spacial score (nSPS) is 27.6. The van der Waals surface area contributed by atoms with E-state index in [1.165, 1.54) is 16.7 Å². The van der Waals surface area contributed by atoms with Crippen LogP contribution in [0.4, 0.5) is 0 Å². The summed E-state index contributed by atoms with van der Waals surface area (Å²) in [6, 6.07) is 8.58. The molecule has 0 aromatic heterocycles. The number of carbonyl (C=O) groups excluding carboxylic acids is 1. The summed E-state index contributed by atoms with van der Waals surface area (Å²) in [7, 11) is 0. The summed E-state index contributed by atoms with van der Waals surface area (Å²) < 4.78 is 6.26. The lowest BCUT2D eigenvalue weighted by Gasteiger charge is -2.39. The summed E-state index contributed by atoms with van der Waals surface area (Å²) >= 11 is 1.60. The number of nitrogens with zero attached hydrogens (tertiary/aromatic N) is 2. The van der Waals surface area contributed by atoms with E-state index in [1.54, 1.807) is 11.8 Å². The van der Waals surface area contributed by atoms with Crippen molar-refractivity contribution in [3.8, 4) is 0 Å². The van der Waals surface area contributed by atoms with Crippen molar-refractivity contribution in [3.05, 3.63) is 45.9 Å². The van der Waals surface area contributed by atoms with Crippen LogP contribution in [0.5, 0.6) is 0 Å². The summed E-state index contributed by atoms with van der Waals surface area (Å²) in [6.45, 7) is 4.49. The molecule has 4 aliphatic heterocycles. The van der Waals surface area contributed by atoms with Gasteiger partial charge in [-0.1, -0.05) is 24.3 Å². The zero-order valence-corrected chi connectivity index (χ0v) is 16.3. The van der Waals surface area contributed by atoms with Crippen LogP contribution < -0.4 is 5.32 Å². The number of benzene rings is 1. The van der Waals surface area contributed by atoms with Gasteiger partial charge in [-0.05, 0) is 73.7 Å². The van der Waals surface area contributed by atoms with Gasteiger partial charge in [-0.25, -0.2) is 0 Å². The fourth-order valence-electron chi connectivity index (χ4n) is 4.65. The number of likely N-dealkylation sites (tertiary alicyclic amines) is 1. The van der Waals surface area contributed by atoms with Crippen molar-refractivity contribution < 1.29 is 9.53 Å².